The predicted molar refractivity (Wildman–Crippen MR) is 100 cm³/mol. The average Bonchev–Trinajstić information content (AvgIpc) is 2.66. The molecule has 0 atom stereocenters. The van der Waals surface area contributed by atoms with Crippen molar-refractivity contribution in [2.24, 2.45) is 0 Å². The molecule has 2 aromatic carbocycles. The number of alkyl halides is 3. The van der Waals surface area contributed by atoms with Gasteiger partial charge in [0.1, 0.15) is 0 Å². The van der Waals surface area contributed by atoms with Gasteiger partial charge in [-0.2, -0.15) is 13.2 Å². The summed E-state index contributed by atoms with van der Waals surface area (Å²) in [6.07, 6.45) is -3.69. The van der Waals surface area contributed by atoms with Crippen LogP contribution in [-0.4, -0.2) is 19.1 Å². The molecule has 152 valence electrons. The van der Waals surface area contributed by atoms with Gasteiger partial charge in [-0.3, -0.25) is 4.79 Å². The maximum Gasteiger partial charge on any atom is 0.416 e. The van der Waals surface area contributed by atoms with E-state index in [-0.39, 0.29) is 18.9 Å². The van der Waals surface area contributed by atoms with Crippen LogP contribution in [0.25, 0.3) is 0 Å². The van der Waals surface area contributed by atoms with Crippen LogP contribution in [0.2, 0.25) is 0 Å². The van der Waals surface area contributed by atoms with Gasteiger partial charge in [-0.05, 0) is 55.7 Å². The molecule has 1 amide bonds. The molecule has 0 aliphatic carbocycles. The first kappa shape index (κ1) is 21.6. The summed E-state index contributed by atoms with van der Waals surface area (Å²) in [5.74, 6) is 1.05. The summed E-state index contributed by atoms with van der Waals surface area (Å²) in [6.45, 7) is 4.84. The van der Waals surface area contributed by atoms with Crippen molar-refractivity contribution in [3.8, 4) is 11.5 Å². The van der Waals surface area contributed by atoms with E-state index in [0.717, 1.165) is 17.7 Å². The Labute approximate surface area is 162 Å². The molecule has 0 unspecified atom stereocenters. The van der Waals surface area contributed by atoms with Crippen LogP contribution in [-0.2, 0) is 23.9 Å². The summed E-state index contributed by atoms with van der Waals surface area (Å²) >= 11 is 0. The van der Waals surface area contributed by atoms with E-state index < -0.39 is 11.7 Å². The topological polar surface area (TPSA) is 47.6 Å². The van der Waals surface area contributed by atoms with E-state index in [4.69, 9.17) is 9.47 Å². The minimum Gasteiger partial charge on any atom is -0.490 e. The number of ether oxygens (including phenoxy) is 2. The molecule has 0 bridgehead atoms. The molecule has 0 fully saturated rings. The van der Waals surface area contributed by atoms with E-state index in [1.807, 2.05) is 32.0 Å². The Morgan fingerprint density at radius 3 is 2.36 bits per heavy atom. The molecular weight excluding hydrogens is 371 g/mol. The monoisotopic (exact) mass is 395 g/mol. The number of hydrogen-bond donors (Lipinski definition) is 1. The lowest BCUT2D eigenvalue weighted by Gasteiger charge is -2.12. The van der Waals surface area contributed by atoms with Crippen molar-refractivity contribution in [3.63, 3.8) is 0 Å². The molecule has 0 radical (unpaired) electrons. The number of halogens is 3. The number of rotatable bonds is 9. The van der Waals surface area contributed by atoms with Crippen LogP contribution in [0.3, 0.4) is 0 Å². The summed E-state index contributed by atoms with van der Waals surface area (Å²) in [6, 6.07) is 10.5. The second kappa shape index (κ2) is 10.0. The van der Waals surface area contributed by atoms with Crippen LogP contribution >= 0.6 is 0 Å². The molecule has 2 aromatic rings. The minimum absolute atomic E-state index is 0.0518. The third-order valence-corrected chi connectivity index (χ3v) is 3.99. The Morgan fingerprint density at radius 2 is 1.68 bits per heavy atom. The van der Waals surface area contributed by atoms with Crippen molar-refractivity contribution >= 4 is 5.91 Å². The number of benzene rings is 2. The van der Waals surface area contributed by atoms with Gasteiger partial charge in [-0.25, -0.2) is 0 Å². The van der Waals surface area contributed by atoms with E-state index in [1.165, 1.54) is 6.07 Å². The van der Waals surface area contributed by atoms with Crippen molar-refractivity contribution in [3.05, 3.63) is 59.2 Å². The van der Waals surface area contributed by atoms with Gasteiger partial charge < -0.3 is 14.8 Å². The zero-order valence-electron chi connectivity index (χ0n) is 15.9. The van der Waals surface area contributed by atoms with E-state index >= 15 is 0 Å². The standard InChI is InChI=1S/C21H24F3NO3/c1-3-27-18-10-8-15(13-19(18)28-4-2)9-11-20(26)25-14-16-6-5-7-17(12-16)21(22,23)24/h5-8,10,12-13H,3-4,9,11,14H2,1-2H3,(H,25,26). The summed E-state index contributed by atoms with van der Waals surface area (Å²) in [5.41, 5.74) is 0.598. The predicted octanol–water partition coefficient (Wildman–Crippen LogP) is 4.75. The smallest absolute Gasteiger partial charge is 0.416 e. The number of hydrogen-bond acceptors (Lipinski definition) is 3. The number of nitrogens with one attached hydrogen (secondary N) is 1. The van der Waals surface area contributed by atoms with E-state index in [0.29, 0.717) is 36.7 Å². The number of aryl methyl sites for hydroxylation is 1. The highest BCUT2D eigenvalue weighted by Crippen LogP contribution is 2.30. The third kappa shape index (κ3) is 6.48. The highest BCUT2D eigenvalue weighted by atomic mass is 19.4. The van der Waals surface area contributed by atoms with Gasteiger partial charge in [0.15, 0.2) is 11.5 Å². The Hall–Kier alpha value is -2.70. The van der Waals surface area contributed by atoms with Gasteiger partial charge in [0.2, 0.25) is 5.91 Å². The van der Waals surface area contributed by atoms with Crippen molar-refractivity contribution in [1.29, 1.82) is 0 Å². The Morgan fingerprint density at radius 1 is 0.964 bits per heavy atom. The van der Waals surface area contributed by atoms with E-state index in [2.05, 4.69) is 5.32 Å². The van der Waals surface area contributed by atoms with E-state index in [1.54, 1.807) is 6.07 Å². The zero-order valence-corrected chi connectivity index (χ0v) is 15.9. The van der Waals surface area contributed by atoms with Crippen molar-refractivity contribution < 1.29 is 27.4 Å². The van der Waals surface area contributed by atoms with Gasteiger partial charge in [-0.1, -0.05) is 18.2 Å². The second-order valence-corrected chi connectivity index (χ2v) is 6.12. The number of carbonyl (C=O) groups is 1. The molecule has 0 saturated heterocycles. The fourth-order valence-corrected chi connectivity index (χ4v) is 2.66. The lowest BCUT2D eigenvalue weighted by molar-refractivity contribution is -0.137. The number of carbonyl (C=O) groups excluding carboxylic acids is 1. The molecule has 0 aliphatic heterocycles. The minimum atomic E-state index is -4.40. The van der Waals surface area contributed by atoms with Crippen molar-refractivity contribution in [2.45, 2.75) is 39.4 Å². The van der Waals surface area contributed by atoms with E-state index in [9.17, 15) is 18.0 Å². The first-order valence-corrected chi connectivity index (χ1v) is 9.14. The Bertz CT molecular complexity index is 791. The highest BCUT2D eigenvalue weighted by Gasteiger charge is 2.30. The third-order valence-electron chi connectivity index (χ3n) is 3.99. The van der Waals surface area contributed by atoms with Crippen LogP contribution in [0.15, 0.2) is 42.5 Å². The average molecular weight is 395 g/mol. The molecule has 0 spiro atoms. The Balaban J connectivity index is 1.90. The SMILES string of the molecule is CCOc1ccc(CCC(=O)NCc2cccc(C(F)(F)F)c2)cc1OCC. The zero-order chi connectivity index (χ0) is 20.6. The Kier molecular flexibility index (Phi) is 7.72. The quantitative estimate of drug-likeness (QED) is 0.666. The molecule has 2 rings (SSSR count). The number of amides is 1. The van der Waals surface area contributed by atoms with Gasteiger partial charge in [0.25, 0.3) is 0 Å². The summed E-state index contributed by atoms with van der Waals surface area (Å²) in [7, 11) is 0. The molecule has 7 heteroatoms. The van der Waals surface area contributed by atoms with Gasteiger partial charge in [0.05, 0.1) is 18.8 Å². The molecule has 4 nitrogen and oxygen atoms in total. The highest BCUT2D eigenvalue weighted by molar-refractivity contribution is 5.76. The summed E-state index contributed by atoms with van der Waals surface area (Å²) in [4.78, 5) is 12.1. The van der Waals surface area contributed by atoms with Crippen LogP contribution in [0.1, 0.15) is 37.0 Å². The molecular formula is C21H24F3NO3. The largest absolute Gasteiger partial charge is 0.490 e. The van der Waals surface area contributed by atoms with Gasteiger partial charge in [0, 0.05) is 13.0 Å². The van der Waals surface area contributed by atoms with Crippen molar-refractivity contribution in [2.75, 3.05) is 13.2 Å². The fraction of sp³-hybridized carbons (Fsp3) is 0.381. The molecule has 28 heavy (non-hydrogen) atoms. The maximum atomic E-state index is 12.7. The second-order valence-electron chi connectivity index (χ2n) is 6.12. The van der Waals surface area contributed by atoms with Crippen molar-refractivity contribution in [1.82, 2.24) is 5.32 Å². The lowest BCUT2D eigenvalue weighted by Crippen LogP contribution is -2.23. The fourth-order valence-electron chi connectivity index (χ4n) is 2.66. The molecule has 0 heterocycles. The maximum absolute atomic E-state index is 12.7. The lowest BCUT2D eigenvalue weighted by atomic mass is 10.1. The molecule has 0 aromatic heterocycles. The van der Waals surface area contributed by atoms with Gasteiger partial charge in [-0.15, -0.1) is 0 Å². The molecule has 0 aliphatic rings. The van der Waals surface area contributed by atoms with Crippen LogP contribution in [0, 0.1) is 0 Å². The summed E-state index contributed by atoms with van der Waals surface area (Å²) in [5, 5.41) is 2.66. The first-order valence-electron chi connectivity index (χ1n) is 9.14. The molecule has 1 N–H and O–H groups in total. The first-order chi connectivity index (χ1) is 13.3. The summed E-state index contributed by atoms with van der Waals surface area (Å²) < 4.78 is 49.3. The van der Waals surface area contributed by atoms with Crippen LogP contribution in [0.4, 0.5) is 13.2 Å². The normalized spacial score (nSPS) is 11.2. The van der Waals surface area contributed by atoms with Gasteiger partial charge >= 0.3 is 6.18 Å². The molecule has 0 saturated carbocycles. The van der Waals surface area contributed by atoms with Crippen LogP contribution in [0.5, 0.6) is 11.5 Å². The van der Waals surface area contributed by atoms with Crippen LogP contribution < -0.4 is 14.8 Å².